The molecule has 0 aliphatic heterocycles. The average Bonchev–Trinajstić information content (AvgIpc) is 2.36. The minimum Gasteiger partial charge on any atom is -0.310 e. The third kappa shape index (κ3) is 6.58. The summed E-state index contributed by atoms with van der Waals surface area (Å²) in [6.45, 7) is 7.92. The highest BCUT2D eigenvalue weighted by molar-refractivity contribution is 14.1. The van der Waals surface area contributed by atoms with E-state index >= 15 is 0 Å². The zero-order valence-corrected chi connectivity index (χ0v) is 15.9. The second kappa shape index (κ2) is 9.35. The Morgan fingerprint density at radius 2 is 2.00 bits per heavy atom. The van der Waals surface area contributed by atoms with Gasteiger partial charge in [-0.15, -0.1) is 0 Å². The lowest BCUT2D eigenvalue weighted by atomic mass is 9.98. The number of rotatable bonds is 8. The maximum atomic E-state index is 3.70. The summed E-state index contributed by atoms with van der Waals surface area (Å²) < 4.78 is 2.54. The molecule has 0 fully saturated rings. The van der Waals surface area contributed by atoms with Crippen LogP contribution in [0.4, 0.5) is 0 Å². The van der Waals surface area contributed by atoms with Crippen LogP contribution < -0.4 is 5.32 Å². The molecular weight excluding hydrogens is 413 g/mol. The molecule has 1 nitrogen and oxygen atoms in total. The molecule has 1 N–H and O–H groups in total. The molecule has 0 saturated heterocycles. The topological polar surface area (TPSA) is 12.0 Å². The van der Waals surface area contributed by atoms with Crippen LogP contribution in [0, 0.1) is 9.49 Å². The second-order valence-corrected chi connectivity index (χ2v) is 7.58. The van der Waals surface area contributed by atoms with Gasteiger partial charge in [0.15, 0.2) is 0 Å². The van der Waals surface area contributed by atoms with Crippen LogP contribution in [-0.4, -0.2) is 6.54 Å². The summed E-state index contributed by atoms with van der Waals surface area (Å²) in [5.41, 5.74) is 1.44. The molecule has 1 aromatic carbocycles. The van der Waals surface area contributed by atoms with Crippen molar-refractivity contribution >= 4 is 38.5 Å². The van der Waals surface area contributed by atoms with Crippen molar-refractivity contribution in [1.82, 2.24) is 5.32 Å². The van der Waals surface area contributed by atoms with Crippen molar-refractivity contribution < 1.29 is 0 Å². The van der Waals surface area contributed by atoms with Crippen molar-refractivity contribution in [3.05, 3.63) is 31.8 Å². The summed E-state index contributed by atoms with van der Waals surface area (Å²) in [6, 6.07) is 7.08. The minimum atomic E-state index is 0.489. The average molecular weight is 438 g/mol. The van der Waals surface area contributed by atoms with Gasteiger partial charge in [-0.2, -0.15) is 0 Å². The number of benzene rings is 1. The third-order valence-electron chi connectivity index (χ3n) is 3.25. The van der Waals surface area contributed by atoms with E-state index in [0.717, 1.165) is 12.5 Å². The Balaban J connectivity index is 2.73. The first-order chi connectivity index (χ1) is 9.04. The van der Waals surface area contributed by atoms with E-state index in [1.165, 1.54) is 39.3 Å². The minimum absolute atomic E-state index is 0.489. The molecule has 3 heteroatoms. The summed E-state index contributed by atoms with van der Waals surface area (Å²) >= 11 is 6.04. The Morgan fingerprint density at radius 1 is 1.26 bits per heavy atom. The molecule has 0 aromatic heterocycles. The first kappa shape index (κ1) is 17.4. The first-order valence-electron chi connectivity index (χ1n) is 7.23. The fraction of sp³-hybridized carbons (Fsp3) is 0.625. The van der Waals surface area contributed by atoms with Gasteiger partial charge in [0.25, 0.3) is 0 Å². The lowest BCUT2D eigenvalue weighted by Gasteiger charge is -2.21. The van der Waals surface area contributed by atoms with Crippen LogP contribution >= 0.6 is 38.5 Å². The van der Waals surface area contributed by atoms with E-state index < -0.39 is 0 Å². The quantitative estimate of drug-likeness (QED) is 0.497. The highest BCUT2D eigenvalue weighted by Gasteiger charge is 2.14. The third-order valence-corrected chi connectivity index (χ3v) is 4.72. The van der Waals surface area contributed by atoms with Crippen molar-refractivity contribution in [3.8, 4) is 0 Å². The van der Waals surface area contributed by atoms with Crippen molar-refractivity contribution in [2.45, 2.75) is 52.5 Å². The van der Waals surface area contributed by atoms with Crippen LogP contribution in [-0.2, 0) is 0 Å². The zero-order chi connectivity index (χ0) is 14.3. The van der Waals surface area contributed by atoms with E-state index in [-0.39, 0.29) is 0 Å². The molecule has 0 radical (unpaired) electrons. The molecule has 0 heterocycles. The Morgan fingerprint density at radius 3 is 2.63 bits per heavy atom. The second-order valence-electron chi connectivity index (χ2n) is 5.50. The van der Waals surface area contributed by atoms with Crippen LogP contribution in [0.15, 0.2) is 22.7 Å². The van der Waals surface area contributed by atoms with Crippen molar-refractivity contribution in [3.63, 3.8) is 0 Å². The molecule has 0 saturated carbocycles. The predicted octanol–water partition coefficient (Wildman–Crippen LogP) is 5.92. The summed E-state index contributed by atoms with van der Waals surface area (Å²) in [7, 11) is 0. The monoisotopic (exact) mass is 437 g/mol. The van der Waals surface area contributed by atoms with Crippen molar-refractivity contribution in [2.75, 3.05) is 6.54 Å². The zero-order valence-electron chi connectivity index (χ0n) is 12.2. The molecule has 0 bridgehead atoms. The Labute approximate surface area is 140 Å². The van der Waals surface area contributed by atoms with Gasteiger partial charge in [-0.1, -0.05) is 49.5 Å². The Bertz CT molecular complexity index is 379. The maximum absolute atomic E-state index is 3.70. The van der Waals surface area contributed by atoms with E-state index in [9.17, 15) is 0 Å². The Kier molecular flexibility index (Phi) is 8.58. The summed E-state index contributed by atoms with van der Waals surface area (Å²) in [6.07, 6.45) is 5.02. The number of hydrogen-bond donors (Lipinski definition) is 1. The van der Waals surface area contributed by atoms with E-state index in [1.807, 2.05) is 0 Å². The fourth-order valence-electron chi connectivity index (χ4n) is 2.20. The Hall–Kier alpha value is 0.390. The summed E-state index contributed by atoms with van der Waals surface area (Å²) in [5, 5.41) is 3.70. The van der Waals surface area contributed by atoms with Gasteiger partial charge in [0, 0.05) is 14.1 Å². The van der Waals surface area contributed by atoms with E-state index in [4.69, 9.17) is 0 Å². The molecule has 0 aliphatic carbocycles. The molecule has 1 aromatic rings. The first-order valence-corrected chi connectivity index (χ1v) is 9.10. The smallest absolute Gasteiger partial charge is 0.0331 e. The van der Waals surface area contributed by atoms with Gasteiger partial charge in [0.2, 0.25) is 0 Å². The normalized spacial score (nSPS) is 12.9. The largest absolute Gasteiger partial charge is 0.310 e. The van der Waals surface area contributed by atoms with E-state index in [2.05, 4.69) is 82.8 Å². The summed E-state index contributed by atoms with van der Waals surface area (Å²) in [4.78, 5) is 0. The highest BCUT2D eigenvalue weighted by Crippen LogP contribution is 2.28. The summed E-state index contributed by atoms with van der Waals surface area (Å²) in [5.74, 6) is 0.799. The van der Waals surface area contributed by atoms with Crippen LogP contribution in [0.2, 0.25) is 0 Å². The van der Waals surface area contributed by atoms with Gasteiger partial charge in [-0.3, -0.25) is 0 Å². The molecule has 1 unspecified atom stereocenters. The predicted molar refractivity (Wildman–Crippen MR) is 96.6 cm³/mol. The van der Waals surface area contributed by atoms with Crippen molar-refractivity contribution in [1.29, 1.82) is 0 Å². The van der Waals surface area contributed by atoms with Crippen molar-refractivity contribution in [2.24, 2.45) is 5.92 Å². The molecular formula is C16H25BrIN. The number of nitrogens with one attached hydrogen (secondary N) is 1. The number of halogens is 2. The fourth-order valence-corrected chi connectivity index (χ4v) is 3.29. The van der Waals surface area contributed by atoms with Gasteiger partial charge in [0.1, 0.15) is 0 Å². The standard InChI is InChI=1S/C16H25BrIN/c1-4-10-19-16(7-5-6-12(2)3)14-11-13(17)8-9-15(14)18/h8-9,11-12,16,19H,4-7,10H2,1-3H3. The van der Waals surface area contributed by atoms with Crippen LogP contribution in [0.5, 0.6) is 0 Å². The highest BCUT2D eigenvalue weighted by atomic mass is 127. The van der Waals surface area contributed by atoms with Gasteiger partial charge < -0.3 is 5.32 Å². The molecule has 108 valence electrons. The van der Waals surface area contributed by atoms with Crippen LogP contribution in [0.1, 0.15) is 58.1 Å². The molecule has 19 heavy (non-hydrogen) atoms. The van der Waals surface area contributed by atoms with Gasteiger partial charge in [-0.05, 0) is 71.7 Å². The lowest BCUT2D eigenvalue weighted by molar-refractivity contribution is 0.446. The molecule has 1 atom stereocenters. The molecule has 0 amide bonds. The molecule has 1 rings (SSSR count). The molecule has 0 spiro atoms. The van der Waals surface area contributed by atoms with Gasteiger partial charge >= 0.3 is 0 Å². The van der Waals surface area contributed by atoms with E-state index in [0.29, 0.717) is 6.04 Å². The molecule has 0 aliphatic rings. The SMILES string of the molecule is CCCNC(CCCC(C)C)c1cc(Br)ccc1I. The van der Waals surface area contributed by atoms with E-state index in [1.54, 1.807) is 0 Å². The maximum Gasteiger partial charge on any atom is 0.0331 e. The van der Waals surface area contributed by atoms with Crippen LogP contribution in [0.3, 0.4) is 0 Å². The van der Waals surface area contributed by atoms with Gasteiger partial charge in [0.05, 0.1) is 0 Å². The lowest BCUT2D eigenvalue weighted by Crippen LogP contribution is -2.23. The van der Waals surface area contributed by atoms with Crippen LogP contribution in [0.25, 0.3) is 0 Å². The number of hydrogen-bond acceptors (Lipinski definition) is 1. The van der Waals surface area contributed by atoms with Gasteiger partial charge in [-0.25, -0.2) is 0 Å².